The highest BCUT2D eigenvalue weighted by Crippen LogP contribution is 2.22. The molecule has 0 radical (unpaired) electrons. The first kappa shape index (κ1) is 11.6. The van der Waals surface area contributed by atoms with Crippen LogP contribution in [0.25, 0.3) is 11.4 Å². The van der Waals surface area contributed by atoms with E-state index in [-0.39, 0.29) is 5.69 Å². The van der Waals surface area contributed by atoms with Gasteiger partial charge in [-0.1, -0.05) is 6.07 Å². The van der Waals surface area contributed by atoms with E-state index in [2.05, 4.69) is 9.97 Å². The van der Waals surface area contributed by atoms with Crippen molar-refractivity contribution in [3.05, 3.63) is 42.2 Å². The van der Waals surface area contributed by atoms with E-state index in [1.807, 2.05) is 18.4 Å². The van der Waals surface area contributed by atoms with Crippen LogP contribution in [0, 0.1) is 0 Å². The molecular formula is C12H10N2O2S. The maximum absolute atomic E-state index is 11.0. The number of carbonyl (C=O) groups is 1. The Bertz CT molecular complexity index is 543. The largest absolute Gasteiger partial charge is 0.477 e. The first-order chi connectivity index (χ1) is 8.20. The van der Waals surface area contributed by atoms with Crippen LogP contribution in [0.5, 0.6) is 0 Å². The van der Waals surface area contributed by atoms with Crippen molar-refractivity contribution < 1.29 is 9.90 Å². The molecule has 0 saturated carbocycles. The Kier molecular flexibility index (Phi) is 3.39. The van der Waals surface area contributed by atoms with Crippen molar-refractivity contribution in [3.8, 4) is 11.4 Å². The van der Waals surface area contributed by atoms with E-state index in [4.69, 9.17) is 5.11 Å². The van der Waals surface area contributed by atoms with E-state index in [0.717, 1.165) is 4.90 Å². The second kappa shape index (κ2) is 4.97. The maximum Gasteiger partial charge on any atom is 0.354 e. The van der Waals surface area contributed by atoms with Crippen LogP contribution in [0.2, 0.25) is 0 Å². The van der Waals surface area contributed by atoms with Crippen LogP contribution in [0.3, 0.4) is 0 Å². The van der Waals surface area contributed by atoms with Crippen molar-refractivity contribution in [2.24, 2.45) is 0 Å². The maximum atomic E-state index is 11.0. The van der Waals surface area contributed by atoms with Crippen LogP contribution in [-0.4, -0.2) is 27.3 Å². The van der Waals surface area contributed by atoms with Crippen LogP contribution >= 0.6 is 11.8 Å². The number of hydrogen-bond donors (Lipinski definition) is 1. The summed E-state index contributed by atoms with van der Waals surface area (Å²) in [6.45, 7) is 0. The lowest BCUT2D eigenvalue weighted by atomic mass is 10.2. The van der Waals surface area contributed by atoms with Crippen molar-refractivity contribution in [2.45, 2.75) is 4.90 Å². The van der Waals surface area contributed by atoms with Crippen molar-refractivity contribution in [2.75, 3.05) is 6.26 Å². The minimum absolute atomic E-state index is 0.0394. The van der Waals surface area contributed by atoms with Gasteiger partial charge in [-0.25, -0.2) is 9.78 Å². The summed E-state index contributed by atoms with van der Waals surface area (Å²) >= 11 is 1.48. The highest BCUT2D eigenvalue weighted by atomic mass is 32.2. The molecule has 0 saturated heterocycles. The third kappa shape index (κ3) is 2.62. The fourth-order valence-corrected chi connectivity index (χ4v) is 1.84. The zero-order valence-corrected chi connectivity index (χ0v) is 9.94. The fourth-order valence-electron chi connectivity index (χ4n) is 1.38. The SMILES string of the molecule is CSc1cc(C(=O)O)nc(-c2ccccn2)c1. The third-order valence-corrected chi connectivity index (χ3v) is 2.89. The number of aromatic carboxylic acids is 1. The van der Waals surface area contributed by atoms with Gasteiger partial charge in [0.1, 0.15) is 5.69 Å². The van der Waals surface area contributed by atoms with Gasteiger partial charge in [-0.2, -0.15) is 0 Å². The predicted molar refractivity (Wildman–Crippen MR) is 66.2 cm³/mol. The molecule has 0 aromatic carbocycles. The predicted octanol–water partition coefficient (Wildman–Crippen LogP) is 2.56. The molecule has 17 heavy (non-hydrogen) atoms. The summed E-state index contributed by atoms with van der Waals surface area (Å²) in [4.78, 5) is 20.1. The minimum Gasteiger partial charge on any atom is -0.477 e. The van der Waals surface area contributed by atoms with E-state index in [1.54, 1.807) is 24.4 Å². The molecule has 0 atom stereocenters. The molecule has 0 fully saturated rings. The normalized spacial score (nSPS) is 10.2. The molecule has 0 aliphatic heterocycles. The number of aromatic nitrogens is 2. The van der Waals surface area contributed by atoms with Gasteiger partial charge in [0.25, 0.3) is 0 Å². The van der Waals surface area contributed by atoms with Gasteiger partial charge >= 0.3 is 5.97 Å². The standard InChI is InChI=1S/C12H10N2O2S/c1-17-8-6-10(9-4-2-3-5-13-9)14-11(7-8)12(15)16/h2-7H,1H3,(H,15,16). The molecule has 4 nitrogen and oxygen atoms in total. The first-order valence-electron chi connectivity index (χ1n) is 4.91. The Labute approximate surface area is 103 Å². The summed E-state index contributed by atoms with van der Waals surface area (Å²) in [7, 11) is 0. The zero-order chi connectivity index (χ0) is 12.3. The molecule has 0 aliphatic rings. The van der Waals surface area contributed by atoms with Gasteiger partial charge in [-0.15, -0.1) is 11.8 Å². The number of thioether (sulfide) groups is 1. The van der Waals surface area contributed by atoms with Crippen LogP contribution in [0.4, 0.5) is 0 Å². The Balaban J connectivity index is 2.54. The Hall–Kier alpha value is -1.88. The van der Waals surface area contributed by atoms with E-state index in [9.17, 15) is 4.79 Å². The van der Waals surface area contributed by atoms with Crippen molar-refractivity contribution in [1.82, 2.24) is 9.97 Å². The quantitative estimate of drug-likeness (QED) is 0.843. The molecular weight excluding hydrogens is 236 g/mol. The summed E-state index contributed by atoms with van der Waals surface area (Å²) in [6.07, 6.45) is 3.55. The van der Waals surface area contributed by atoms with Gasteiger partial charge in [0.15, 0.2) is 0 Å². The summed E-state index contributed by atoms with van der Waals surface area (Å²) in [5, 5.41) is 8.98. The monoisotopic (exact) mass is 246 g/mol. The molecule has 0 aliphatic carbocycles. The molecule has 5 heteroatoms. The topological polar surface area (TPSA) is 63.1 Å². The lowest BCUT2D eigenvalue weighted by Gasteiger charge is -2.04. The molecule has 0 unspecified atom stereocenters. The van der Waals surface area contributed by atoms with Gasteiger partial charge in [-0.05, 0) is 30.5 Å². The molecule has 0 spiro atoms. The van der Waals surface area contributed by atoms with Crippen molar-refractivity contribution in [1.29, 1.82) is 0 Å². The minimum atomic E-state index is -1.03. The molecule has 2 aromatic heterocycles. The van der Waals surface area contributed by atoms with Crippen molar-refractivity contribution >= 4 is 17.7 Å². The molecule has 2 heterocycles. The Morgan fingerprint density at radius 3 is 2.71 bits per heavy atom. The second-order valence-electron chi connectivity index (χ2n) is 3.30. The highest BCUT2D eigenvalue weighted by Gasteiger charge is 2.10. The number of pyridine rings is 2. The summed E-state index contributed by atoms with van der Waals surface area (Å²) in [6, 6.07) is 8.84. The average Bonchev–Trinajstić information content (AvgIpc) is 2.39. The smallest absolute Gasteiger partial charge is 0.354 e. The van der Waals surface area contributed by atoms with E-state index in [1.165, 1.54) is 11.8 Å². The number of nitrogens with zero attached hydrogens (tertiary/aromatic N) is 2. The average molecular weight is 246 g/mol. The molecule has 1 N–H and O–H groups in total. The van der Waals surface area contributed by atoms with Crippen LogP contribution < -0.4 is 0 Å². The number of carboxylic acids is 1. The summed E-state index contributed by atoms with van der Waals surface area (Å²) in [5.74, 6) is -1.03. The summed E-state index contributed by atoms with van der Waals surface area (Å²) in [5.41, 5.74) is 1.29. The van der Waals surface area contributed by atoms with E-state index < -0.39 is 5.97 Å². The highest BCUT2D eigenvalue weighted by molar-refractivity contribution is 7.98. The van der Waals surface area contributed by atoms with Gasteiger partial charge in [-0.3, -0.25) is 4.98 Å². The van der Waals surface area contributed by atoms with Crippen molar-refractivity contribution in [3.63, 3.8) is 0 Å². The van der Waals surface area contributed by atoms with Gasteiger partial charge < -0.3 is 5.11 Å². The second-order valence-corrected chi connectivity index (χ2v) is 4.18. The molecule has 2 aromatic rings. The zero-order valence-electron chi connectivity index (χ0n) is 9.12. The number of hydrogen-bond acceptors (Lipinski definition) is 4. The van der Waals surface area contributed by atoms with Crippen LogP contribution in [0.1, 0.15) is 10.5 Å². The summed E-state index contributed by atoms with van der Waals surface area (Å²) < 4.78 is 0. The third-order valence-electron chi connectivity index (χ3n) is 2.18. The lowest BCUT2D eigenvalue weighted by molar-refractivity contribution is 0.0690. The first-order valence-corrected chi connectivity index (χ1v) is 6.14. The van der Waals surface area contributed by atoms with E-state index in [0.29, 0.717) is 11.4 Å². The van der Waals surface area contributed by atoms with Crippen LogP contribution in [0.15, 0.2) is 41.4 Å². The van der Waals surface area contributed by atoms with Gasteiger partial charge in [0.2, 0.25) is 0 Å². The fraction of sp³-hybridized carbons (Fsp3) is 0.0833. The van der Waals surface area contributed by atoms with E-state index >= 15 is 0 Å². The lowest BCUT2D eigenvalue weighted by Crippen LogP contribution is -2.02. The van der Waals surface area contributed by atoms with Gasteiger partial charge in [0.05, 0.1) is 11.4 Å². The Morgan fingerprint density at radius 2 is 2.12 bits per heavy atom. The van der Waals surface area contributed by atoms with Gasteiger partial charge in [0, 0.05) is 11.1 Å². The van der Waals surface area contributed by atoms with Crippen LogP contribution in [-0.2, 0) is 0 Å². The number of carboxylic acid groups (broad SMARTS) is 1. The number of rotatable bonds is 3. The molecule has 2 rings (SSSR count). The molecule has 86 valence electrons. The molecule has 0 bridgehead atoms. The molecule has 0 amide bonds. The Morgan fingerprint density at radius 1 is 1.29 bits per heavy atom.